The second kappa shape index (κ2) is 26.0. The van der Waals surface area contributed by atoms with Gasteiger partial charge in [-0.15, -0.1) is 0 Å². The first-order chi connectivity index (χ1) is 35.9. The van der Waals surface area contributed by atoms with Crippen LogP contribution in [0, 0.1) is 12.4 Å². The third-order valence-corrected chi connectivity index (χ3v) is 11.0. The fourth-order valence-electron chi connectivity index (χ4n) is 6.97. The fraction of sp³-hybridized carbons (Fsp3) is 0.136. The lowest BCUT2D eigenvalue weighted by atomic mass is 10.0. The van der Waals surface area contributed by atoms with Crippen LogP contribution in [0.2, 0.25) is 0 Å². The van der Waals surface area contributed by atoms with Gasteiger partial charge in [-0.05, 0) is 151 Å². The predicted octanol–water partition coefficient (Wildman–Crippen LogP) is 12.6. The van der Waals surface area contributed by atoms with E-state index in [1.165, 1.54) is 48.5 Å². The Labute approximate surface area is 425 Å². The molecule has 0 saturated carbocycles. The Morgan fingerprint density at radius 3 is 1.24 bits per heavy atom. The number of benzene rings is 7. The zero-order valence-electron chi connectivity index (χ0n) is 39.7. The summed E-state index contributed by atoms with van der Waals surface area (Å²) >= 11 is 0. The highest BCUT2D eigenvalue weighted by atomic mass is 19.1. The predicted molar refractivity (Wildman–Crippen MR) is 269 cm³/mol. The number of carbonyl (C=O) groups excluding carboxylic acids is 6. The van der Waals surface area contributed by atoms with Gasteiger partial charge in [-0.1, -0.05) is 68.7 Å². The molecule has 0 bridgehead atoms. The monoisotopic (exact) mass is 995 g/mol. The van der Waals surface area contributed by atoms with Crippen LogP contribution in [0.5, 0.6) is 34.5 Å². The van der Waals surface area contributed by atoms with Crippen molar-refractivity contribution in [1.29, 1.82) is 0 Å². The van der Waals surface area contributed by atoms with E-state index in [1.54, 1.807) is 97.1 Å². The van der Waals surface area contributed by atoms with Gasteiger partial charge in [0.05, 0.1) is 47.6 Å². The van der Waals surface area contributed by atoms with Crippen LogP contribution in [-0.2, 0) is 9.53 Å². The normalized spacial score (nSPS) is 10.5. The summed E-state index contributed by atoms with van der Waals surface area (Å²) in [5.74, 6) is -4.16. The standard InChI is InChI=1S/C59H46FNO13/c1-3-54(62)69-37-9-7-5-4-6-8-36-68-47-25-16-42(17-26-47)56(64)71-49-31-20-44(21-32-49)58(66)74-53-38-45(22-35-52(53)60)59(67)73-50-29-18-43(19-30-50)57(65)70-48-27-14-40(15-28-48)39-10-12-41(13-11-39)55(63)72-51-33-23-46(61-2)24-34-51/h3,10-35,38H,1,4-9,36-37H2. The van der Waals surface area contributed by atoms with E-state index >= 15 is 0 Å². The first-order valence-electron chi connectivity index (χ1n) is 23.3. The average Bonchev–Trinajstić information content (AvgIpc) is 3.42. The topological polar surface area (TPSA) is 171 Å². The quantitative estimate of drug-likeness (QED) is 0.0207. The van der Waals surface area contributed by atoms with Gasteiger partial charge in [0.15, 0.2) is 17.3 Å². The highest BCUT2D eigenvalue weighted by molar-refractivity contribution is 5.95. The molecule has 0 heterocycles. The lowest BCUT2D eigenvalue weighted by Crippen LogP contribution is -2.13. The van der Waals surface area contributed by atoms with Crippen molar-refractivity contribution >= 4 is 41.5 Å². The van der Waals surface area contributed by atoms with Crippen LogP contribution >= 0.6 is 0 Å². The van der Waals surface area contributed by atoms with Crippen molar-refractivity contribution in [2.45, 2.75) is 38.5 Å². The van der Waals surface area contributed by atoms with Crippen LogP contribution in [0.1, 0.15) is 90.3 Å². The number of rotatable bonds is 22. The van der Waals surface area contributed by atoms with Crippen molar-refractivity contribution in [2.75, 3.05) is 13.2 Å². The van der Waals surface area contributed by atoms with Gasteiger partial charge in [-0.25, -0.2) is 38.0 Å². The summed E-state index contributed by atoms with van der Waals surface area (Å²) in [5.41, 5.74) is 2.68. The molecule has 15 heteroatoms. The number of carbonyl (C=O) groups is 6. The van der Waals surface area contributed by atoms with Gasteiger partial charge in [-0.2, -0.15) is 0 Å². The van der Waals surface area contributed by atoms with Crippen molar-refractivity contribution < 1.29 is 66.3 Å². The smallest absolute Gasteiger partial charge is 0.343 e. The van der Waals surface area contributed by atoms with Gasteiger partial charge in [0, 0.05) is 6.08 Å². The van der Waals surface area contributed by atoms with Crippen molar-refractivity contribution in [1.82, 2.24) is 0 Å². The zero-order valence-corrected chi connectivity index (χ0v) is 39.7. The summed E-state index contributed by atoms with van der Waals surface area (Å²) in [6.07, 6.45) is 6.87. The summed E-state index contributed by atoms with van der Waals surface area (Å²) in [6.45, 7) is 11.3. The summed E-state index contributed by atoms with van der Waals surface area (Å²) < 4.78 is 52.6. The van der Waals surface area contributed by atoms with Crippen LogP contribution in [-0.4, -0.2) is 49.0 Å². The second-order valence-electron chi connectivity index (χ2n) is 16.2. The van der Waals surface area contributed by atoms with Gasteiger partial charge < -0.3 is 33.2 Å². The van der Waals surface area contributed by atoms with E-state index in [4.69, 9.17) is 39.7 Å². The van der Waals surface area contributed by atoms with Crippen LogP contribution in [0.3, 0.4) is 0 Å². The molecule has 0 radical (unpaired) electrons. The number of hydrogen-bond acceptors (Lipinski definition) is 13. The molecule has 0 N–H and O–H groups in total. The Balaban J connectivity index is 0.827. The van der Waals surface area contributed by atoms with Crippen molar-refractivity contribution in [3.8, 4) is 45.6 Å². The van der Waals surface area contributed by atoms with Crippen LogP contribution < -0.4 is 28.4 Å². The van der Waals surface area contributed by atoms with Gasteiger partial charge in [0.2, 0.25) is 0 Å². The van der Waals surface area contributed by atoms with Crippen LogP contribution in [0.15, 0.2) is 176 Å². The number of halogens is 1. The van der Waals surface area contributed by atoms with Crippen LogP contribution in [0.4, 0.5) is 10.1 Å². The Morgan fingerprint density at radius 2 is 0.784 bits per heavy atom. The van der Waals surface area contributed by atoms with Crippen molar-refractivity contribution in [2.24, 2.45) is 0 Å². The molecule has 0 unspecified atom stereocenters. The summed E-state index contributed by atoms with van der Waals surface area (Å²) in [4.78, 5) is 78.8. The Bertz CT molecular complexity index is 3150. The van der Waals surface area contributed by atoms with Gasteiger partial charge >= 0.3 is 35.8 Å². The van der Waals surface area contributed by atoms with E-state index in [1.807, 2.05) is 0 Å². The molecule has 0 spiro atoms. The number of ether oxygens (including phenoxy) is 7. The van der Waals surface area contributed by atoms with E-state index in [9.17, 15) is 33.2 Å². The number of nitrogens with zero attached hydrogens (tertiary/aromatic N) is 1. The molecule has 7 aromatic rings. The molecule has 372 valence electrons. The van der Waals surface area contributed by atoms with E-state index in [-0.39, 0.29) is 39.5 Å². The first kappa shape index (κ1) is 52.2. The van der Waals surface area contributed by atoms with Gasteiger partial charge in [0.25, 0.3) is 0 Å². The molecule has 0 aliphatic carbocycles. The third-order valence-electron chi connectivity index (χ3n) is 11.0. The summed E-state index contributed by atoms with van der Waals surface area (Å²) in [5, 5.41) is 0. The molecule has 0 aliphatic heterocycles. The third kappa shape index (κ3) is 15.2. The number of unbranched alkanes of at least 4 members (excludes halogenated alkanes) is 5. The van der Waals surface area contributed by atoms with E-state index in [2.05, 4.69) is 11.4 Å². The fourth-order valence-corrected chi connectivity index (χ4v) is 6.97. The van der Waals surface area contributed by atoms with E-state index < -0.39 is 47.4 Å². The highest BCUT2D eigenvalue weighted by Crippen LogP contribution is 2.27. The molecule has 0 fully saturated rings. The molecule has 7 rings (SSSR count). The highest BCUT2D eigenvalue weighted by Gasteiger charge is 2.19. The first-order valence-corrected chi connectivity index (χ1v) is 23.3. The largest absolute Gasteiger partial charge is 0.494 e. The maximum atomic E-state index is 14.8. The Kier molecular flexibility index (Phi) is 18.3. The minimum atomic E-state index is -0.945. The number of hydrogen-bond donors (Lipinski definition) is 0. The average molecular weight is 996 g/mol. The summed E-state index contributed by atoms with van der Waals surface area (Å²) in [6, 6.07) is 40.3. The number of esters is 6. The molecule has 74 heavy (non-hydrogen) atoms. The maximum Gasteiger partial charge on any atom is 0.343 e. The zero-order chi connectivity index (χ0) is 52.2. The van der Waals surface area contributed by atoms with E-state index in [0.717, 1.165) is 73.9 Å². The van der Waals surface area contributed by atoms with Gasteiger partial charge in [-0.3, -0.25) is 0 Å². The molecule has 0 saturated heterocycles. The molecule has 0 aliphatic rings. The molecule has 0 amide bonds. The minimum Gasteiger partial charge on any atom is -0.494 e. The Morgan fingerprint density at radius 1 is 0.432 bits per heavy atom. The molecule has 7 aromatic carbocycles. The summed E-state index contributed by atoms with van der Waals surface area (Å²) in [7, 11) is 0. The maximum absolute atomic E-state index is 14.8. The molecule has 0 aromatic heterocycles. The second-order valence-corrected chi connectivity index (χ2v) is 16.2. The van der Waals surface area contributed by atoms with E-state index in [0.29, 0.717) is 36.0 Å². The molecular weight excluding hydrogens is 950 g/mol. The molecule has 14 nitrogen and oxygen atoms in total. The molecular formula is C59H46FNO13. The lowest BCUT2D eigenvalue weighted by molar-refractivity contribution is -0.137. The Hall–Kier alpha value is -9.68. The lowest BCUT2D eigenvalue weighted by Gasteiger charge is -2.10. The molecule has 0 atom stereocenters. The van der Waals surface area contributed by atoms with Crippen molar-refractivity contribution in [3.63, 3.8) is 0 Å². The minimum absolute atomic E-state index is 0.00702. The van der Waals surface area contributed by atoms with Crippen LogP contribution in [0.25, 0.3) is 16.0 Å². The van der Waals surface area contributed by atoms with Crippen molar-refractivity contribution in [3.05, 3.63) is 221 Å². The SMILES string of the molecule is [C-]#[N+]c1ccc(OC(=O)c2ccc(-c3ccc(OC(=O)c4ccc(OC(=O)c5ccc(F)c(OC(=O)c6ccc(OC(=O)c7ccc(OCCCCCCCCOC(=O)C=C)cc7)cc6)c5)cc4)cc3)cc2)cc1. The van der Waals surface area contributed by atoms with Gasteiger partial charge in [0.1, 0.15) is 28.7 Å².